The number of rotatable bonds is 2. The third kappa shape index (κ3) is 2.18. The summed E-state index contributed by atoms with van der Waals surface area (Å²) in [5.74, 6) is 1.60. The first-order valence-electron chi connectivity index (χ1n) is 8.81. The lowest BCUT2D eigenvalue weighted by Gasteiger charge is -2.36. The Morgan fingerprint density at radius 2 is 1.95 bits per heavy atom. The maximum absolute atomic E-state index is 6.10. The molecule has 3 aliphatic rings. The Kier molecular flexibility index (Phi) is 3.48. The second-order valence-electron chi connectivity index (χ2n) is 7.29. The average molecular weight is 301 g/mol. The maximum Gasteiger partial charge on any atom is 0.222 e. The van der Waals surface area contributed by atoms with E-state index in [2.05, 4.69) is 15.2 Å². The molecule has 5 nitrogen and oxygen atoms in total. The van der Waals surface area contributed by atoms with E-state index in [1.54, 1.807) is 0 Å². The van der Waals surface area contributed by atoms with Crippen LogP contribution >= 0.6 is 0 Å². The summed E-state index contributed by atoms with van der Waals surface area (Å²) in [5, 5.41) is 3.39. The molecule has 4 rings (SSSR count). The van der Waals surface area contributed by atoms with E-state index in [0.717, 1.165) is 25.3 Å². The molecule has 5 heteroatoms. The molecule has 1 saturated carbocycles. The Labute approximate surface area is 132 Å². The minimum atomic E-state index is 0.307. The van der Waals surface area contributed by atoms with Crippen LogP contribution in [0.5, 0.6) is 0 Å². The molecule has 0 amide bonds. The zero-order valence-electron chi connectivity index (χ0n) is 13.6. The highest BCUT2D eigenvalue weighted by Gasteiger charge is 2.42. The van der Waals surface area contributed by atoms with Crippen LogP contribution in [0.2, 0.25) is 0 Å². The lowest BCUT2D eigenvalue weighted by molar-refractivity contribution is 0.357. The highest BCUT2D eigenvalue weighted by molar-refractivity contribution is 5.55. The number of hydrogen-bond donors (Lipinski definition) is 2. The van der Waals surface area contributed by atoms with Crippen LogP contribution in [0, 0.1) is 0 Å². The predicted molar refractivity (Wildman–Crippen MR) is 89.2 cm³/mol. The van der Waals surface area contributed by atoms with Gasteiger partial charge in [0.15, 0.2) is 0 Å². The topological polar surface area (TPSA) is 67.1 Å². The molecule has 0 aromatic carbocycles. The van der Waals surface area contributed by atoms with Crippen molar-refractivity contribution >= 4 is 11.8 Å². The van der Waals surface area contributed by atoms with Gasteiger partial charge >= 0.3 is 0 Å². The number of nitrogens with zero attached hydrogens (tertiary/aromatic N) is 3. The molecular formula is C17H27N5. The molecular weight excluding hydrogens is 274 g/mol. The Balaban J connectivity index is 1.76. The van der Waals surface area contributed by atoms with Crippen LogP contribution in [0.15, 0.2) is 0 Å². The van der Waals surface area contributed by atoms with E-state index in [4.69, 9.17) is 10.7 Å². The molecule has 0 radical (unpaired) electrons. The second kappa shape index (κ2) is 5.37. The molecule has 2 fully saturated rings. The van der Waals surface area contributed by atoms with Gasteiger partial charge in [-0.2, -0.15) is 4.98 Å². The van der Waals surface area contributed by atoms with Crippen LogP contribution in [0.4, 0.5) is 11.8 Å². The fraction of sp³-hybridized carbons (Fsp3) is 0.765. The normalized spacial score (nSPS) is 26.6. The van der Waals surface area contributed by atoms with Gasteiger partial charge in [-0.1, -0.05) is 12.8 Å². The van der Waals surface area contributed by atoms with E-state index < -0.39 is 0 Å². The highest BCUT2D eigenvalue weighted by Crippen LogP contribution is 2.49. The first kappa shape index (κ1) is 14.2. The SMILES string of the molecule is CNC1CCN(c2nc(N)nc3c2CCCC32CCCC2)C1. The number of anilines is 2. The number of likely N-dealkylation sites (N-methyl/N-ethyl adjacent to an activating group) is 1. The monoisotopic (exact) mass is 301 g/mol. The fourth-order valence-electron chi connectivity index (χ4n) is 4.87. The number of nitrogens with two attached hydrogens (primary N) is 1. The molecule has 1 atom stereocenters. The van der Waals surface area contributed by atoms with E-state index in [1.165, 1.54) is 56.2 Å². The highest BCUT2D eigenvalue weighted by atomic mass is 15.3. The molecule has 3 N–H and O–H groups in total. The molecule has 22 heavy (non-hydrogen) atoms. The van der Waals surface area contributed by atoms with Crippen LogP contribution in [0.3, 0.4) is 0 Å². The van der Waals surface area contributed by atoms with Crippen molar-refractivity contribution in [2.75, 3.05) is 30.8 Å². The molecule has 1 aromatic rings. The summed E-state index contributed by atoms with van der Waals surface area (Å²) in [6.07, 6.45) is 10.1. The van der Waals surface area contributed by atoms with Crippen LogP contribution in [0.25, 0.3) is 0 Å². The van der Waals surface area contributed by atoms with Gasteiger partial charge in [0.2, 0.25) is 5.95 Å². The molecule has 1 spiro atoms. The number of fused-ring (bicyclic) bond motifs is 2. The summed E-state index contributed by atoms with van der Waals surface area (Å²) in [6.45, 7) is 2.10. The van der Waals surface area contributed by atoms with Gasteiger partial charge in [0, 0.05) is 30.1 Å². The van der Waals surface area contributed by atoms with Crippen molar-refractivity contribution in [3.8, 4) is 0 Å². The molecule has 0 bridgehead atoms. The summed E-state index contributed by atoms with van der Waals surface area (Å²) < 4.78 is 0. The number of aromatic nitrogens is 2. The molecule has 2 heterocycles. The van der Waals surface area contributed by atoms with Crippen LogP contribution in [-0.4, -0.2) is 36.1 Å². The van der Waals surface area contributed by atoms with Crippen molar-refractivity contribution in [1.29, 1.82) is 0 Å². The summed E-state index contributed by atoms with van der Waals surface area (Å²) in [4.78, 5) is 11.8. The second-order valence-corrected chi connectivity index (χ2v) is 7.29. The van der Waals surface area contributed by atoms with E-state index in [1.807, 2.05) is 7.05 Å². The third-order valence-electron chi connectivity index (χ3n) is 6.04. The van der Waals surface area contributed by atoms with E-state index in [9.17, 15) is 0 Å². The predicted octanol–water partition coefficient (Wildman–Crippen LogP) is 2.00. The lowest BCUT2D eigenvalue weighted by Crippen LogP contribution is -2.34. The van der Waals surface area contributed by atoms with Crippen molar-refractivity contribution in [3.63, 3.8) is 0 Å². The maximum atomic E-state index is 6.10. The van der Waals surface area contributed by atoms with Crippen molar-refractivity contribution in [1.82, 2.24) is 15.3 Å². The Bertz CT molecular complexity index is 564. The Morgan fingerprint density at radius 3 is 2.68 bits per heavy atom. The van der Waals surface area contributed by atoms with Gasteiger partial charge in [-0.25, -0.2) is 4.98 Å². The average Bonchev–Trinajstić information content (AvgIpc) is 3.17. The molecule has 1 unspecified atom stereocenters. The van der Waals surface area contributed by atoms with Crippen LogP contribution in [-0.2, 0) is 11.8 Å². The summed E-state index contributed by atoms with van der Waals surface area (Å²) in [5.41, 5.74) is 9.11. The molecule has 120 valence electrons. The van der Waals surface area contributed by atoms with Gasteiger partial charge in [-0.05, 0) is 45.6 Å². The summed E-state index contributed by atoms with van der Waals surface area (Å²) in [7, 11) is 2.05. The number of nitrogens with one attached hydrogen (secondary N) is 1. The van der Waals surface area contributed by atoms with Crippen molar-refractivity contribution < 1.29 is 0 Å². The molecule has 2 aliphatic carbocycles. The molecule has 1 saturated heterocycles. The van der Waals surface area contributed by atoms with Crippen molar-refractivity contribution in [3.05, 3.63) is 11.3 Å². The van der Waals surface area contributed by atoms with Crippen LogP contribution < -0.4 is 16.0 Å². The lowest BCUT2D eigenvalue weighted by atomic mass is 9.71. The summed E-state index contributed by atoms with van der Waals surface area (Å²) >= 11 is 0. The molecule has 1 aliphatic heterocycles. The Hall–Kier alpha value is -1.36. The zero-order chi connectivity index (χ0) is 15.2. The minimum Gasteiger partial charge on any atom is -0.368 e. The van der Waals surface area contributed by atoms with Crippen molar-refractivity contribution in [2.24, 2.45) is 0 Å². The number of nitrogen functional groups attached to an aromatic ring is 1. The van der Waals surface area contributed by atoms with Gasteiger partial charge in [0.25, 0.3) is 0 Å². The van der Waals surface area contributed by atoms with Gasteiger partial charge in [-0.15, -0.1) is 0 Å². The first-order chi connectivity index (χ1) is 10.7. The van der Waals surface area contributed by atoms with Crippen molar-refractivity contribution in [2.45, 2.75) is 62.8 Å². The van der Waals surface area contributed by atoms with Gasteiger partial charge in [0.05, 0.1) is 5.69 Å². The summed E-state index contributed by atoms with van der Waals surface area (Å²) in [6, 6.07) is 0.566. The van der Waals surface area contributed by atoms with Gasteiger partial charge in [-0.3, -0.25) is 0 Å². The third-order valence-corrected chi connectivity index (χ3v) is 6.04. The van der Waals surface area contributed by atoms with Gasteiger partial charge < -0.3 is 16.0 Å². The smallest absolute Gasteiger partial charge is 0.222 e. The largest absolute Gasteiger partial charge is 0.368 e. The van der Waals surface area contributed by atoms with Crippen LogP contribution in [0.1, 0.15) is 56.2 Å². The Morgan fingerprint density at radius 1 is 1.18 bits per heavy atom. The van der Waals surface area contributed by atoms with Gasteiger partial charge in [0.1, 0.15) is 5.82 Å². The zero-order valence-corrected chi connectivity index (χ0v) is 13.6. The van der Waals surface area contributed by atoms with E-state index in [-0.39, 0.29) is 0 Å². The molecule has 1 aromatic heterocycles. The fourth-order valence-corrected chi connectivity index (χ4v) is 4.87. The minimum absolute atomic E-state index is 0.307. The van der Waals surface area contributed by atoms with E-state index >= 15 is 0 Å². The first-order valence-corrected chi connectivity index (χ1v) is 8.81. The number of hydrogen-bond acceptors (Lipinski definition) is 5. The standard InChI is InChI=1S/C17H27N5/c1-19-12-6-10-22(11-12)15-13-5-4-9-17(7-2-3-8-17)14(13)20-16(18)21-15/h12,19H,2-11H2,1H3,(H2,18,20,21). The quantitative estimate of drug-likeness (QED) is 0.874. The van der Waals surface area contributed by atoms with E-state index in [0.29, 0.717) is 17.4 Å².